The number of hydrogen-bond acceptors (Lipinski definition) is 3. The Hall–Kier alpha value is -0.590. The van der Waals surface area contributed by atoms with Gasteiger partial charge >= 0.3 is 0 Å². The van der Waals surface area contributed by atoms with Crippen LogP contribution in [0.15, 0.2) is 0 Å². The first kappa shape index (κ1) is 11.4. The molecule has 2 N–H and O–H groups in total. The fourth-order valence-corrected chi connectivity index (χ4v) is 0.973. The number of nitriles is 1. The van der Waals surface area contributed by atoms with Crippen molar-refractivity contribution in [2.24, 2.45) is 0 Å². The Balaban J connectivity index is 3.04. The van der Waals surface area contributed by atoms with Crippen molar-refractivity contribution in [3.63, 3.8) is 0 Å². The highest BCUT2D eigenvalue weighted by molar-refractivity contribution is 4.68. The summed E-state index contributed by atoms with van der Waals surface area (Å²) in [5, 5.41) is 20.1. The third-order valence-electron chi connectivity index (χ3n) is 1.77. The normalized spacial score (nSPS) is 12.4. The van der Waals surface area contributed by atoms with E-state index in [0.717, 1.165) is 25.8 Å². The summed E-state index contributed by atoms with van der Waals surface area (Å²) in [4.78, 5) is 0. The number of unbranched alkanes of at least 4 members (excludes halogenated alkanes) is 2. The topological polar surface area (TPSA) is 56.0 Å². The van der Waals surface area contributed by atoms with E-state index in [9.17, 15) is 0 Å². The van der Waals surface area contributed by atoms with Gasteiger partial charge in [-0.25, -0.2) is 0 Å². The van der Waals surface area contributed by atoms with Crippen LogP contribution in [0.3, 0.4) is 0 Å². The summed E-state index contributed by atoms with van der Waals surface area (Å²) in [6.07, 6.45) is 3.47. The minimum atomic E-state index is 0.242. The SMILES string of the molecule is CC(CCO)NCCCCC#N. The molecule has 0 aromatic carbocycles. The Labute approximate surface area is 74.4 Å². The van der Waals surface area contributed by atoms with E-state index >= 15 is 0 Å². The van der Waals surface area contributed by atoms with E-state index in [4.69, 9.17) is 10.4 Å². The molecular formula is C9H18N2O. The lowest BCUT2D eigenvalue weighted by Gasteiger charge is -2.11. The third-order valence-corrected chi connectivity index (χ3v) is 1.77. The van der Waals surface area contributed by atoms with Gasteiger partial charge in [0.1, 0.15) is 0 Å². The van der Waals surface area contributed by atoms with Crippen molar-refractivity contribution in [3.05, 3.63) is 0 Å². The first-order valence-corrected chi connectivity index (χ1v) is 4.52. The standard InChI is InChI=1S/C9H18N2O/c1-9(5-8-12)11-7-4-2-3-6-10/h9,11-12H,2-5,7-8H2,1H3. The van der Waals surface area contributed by atoms with Crippen molar-refractivity contribution in [2.75, 3.05) is 13.2 Å². The maximum absolute atomic E-state index is 8.59. The summed E-state index contributed by atoms with van der Waals surface area (Å²) in [6, 6.07) is 2.50. The molecule has 1 atom stereocenters. The van der Waals surface area contributed by atoms with E-state index in [1.54, 1.807) is 0 Å². The van der Waals surface area contributed by atoms with Crippen LogP contribution >= 0.6 is 0 Å². The minimum Gasteiger partial charge on any atom is -0.396 e. The second-order valence-corrected chi connectivity index (χ2v) is 2.98. The zero-order valence-corrected chi connectivity index (χ0v) is 7.71. The van der Waals surface area contributed by atoms with Crippen LogP contribution in [0.2, 0.25) is 0 Å². The molecule has 0 aliphatic carbocycles. The fraction of sp³-hybridized carbons (Fsp3) is 0.889. The van der Waals surface area contributed by atoms with E-state index in [-0.39, 0.29) is 6.61 Å². The Morgan fingerprint density at radius 1 is 1.50 bits per heavy atom. The van der Waals surface area contributed by atoms with E-state index < -0.39 is 0 Å². The number of rotatable bonds is 7. The third kappa shape index (κ3) is 7.52. The van der Waals surface area contributed by atoms with E-state index in [0.29, 0.717) is 12.5 Å². The van der Waals surface area contributed by atoms with Gasteiger partial charge in [-0.15, -0.1) is 0 Å². The molecule has 0 saturated heterocycles. The molecule has 1 unspecified atom stereocenters. The minimum absolute atomic E-state index is 0.242. The molecule has 0 saturated carbocycles. The van der Waals surface area contributed by atoms with Crippen LogP contribution in [0.25, 0.3) is 0 Å². The quantitative estimate of drug-likeness (QED) is 0.561. The number of nitrogens with one attached hydrogen (secondary N) is 1. The molecule has 3 heteroatoms. The molecule has 0 bridgehead atoms. The summed E-state index contributed by atoms with van der Waals surface area (Å²) in [7, 11) is 0. The van der Waals surface area contributed by atoms with Crippen LogP contribution in [0.1, 0.15) is 32.6 Å². The van der Waals surface area contributed by atoms with Crippen molar-refractivity contribution in [1.82, 2.24) is 5.32 Å². The highest BCUT2D eigenvalue weighted by Crippen LogP contribution is 1.94. The average molecular weight is 170 g/mol. The molecule has 70 valence electrons. The first-order chi connectivity index (χ1) is 5.81. The zero-order valence-electron chi connectivity index (χ0n) is 7.71. The number of aliphatic hydroxyl groups excluding tert-OH is 1. The van der Waals surface area contributed by atoms with Crippen LogP contribution in [-0.2, 0) is 0 Å². The van der Waals surface area contributed by atoms with E-state index in [1.165, 1.54) is 0 Å². The Bertz CT molecular complexity index is 131. The molecule has 0 aliphatic heterocycles. The Morgan fingerprint density at radius 3 is 2.83 bits per heavy atom. The van der Waals surface area contributed by atoms with Crippen molar-refractivity contribution < 1.29 is 5.11 Å². The summed E-state index contributed by atoms with van der Waals surface area (Å²) in [5.41, 5.74) is 0. The van der Waals surface area contributed by atoms with Crippen molar-refractivity contribution >= 4 is 0 Å². The molecule has 0 fully saturated rings. The summed E-state index contributed by atoms with van der Waals surface area (Å²) >= 11 is 0. The summed E-state index contributed by atoms with van der Waals surface area (Å²) in [6.45, 7) is 3.25. The maximum Gasteiger partial charge on any atom is 0.0621 e. The van der Waals surface area contributed by atoms with Crippen LogP contribution in [0, 0.1) is 11.3 Å². The van der Waals surface area contributed by atoms with Gasteiger partial charge in [0.05, 0.1) is 6.07 Å². The molecule has 0 aromatic heterocycles. The lowest BCUT2D eigenvalue weighted by molar-refractivity contribution is 0.269. The summed E-state index contributed by atoms with van der Waals surface area (Å²) < 4.78 is 0. The Morgan fingerprint density at radius 2 is 2.25 bits per heavy atom. The van der Waals surface area contributed by atoms with Gasteiger partial charge in [-0.05, 0) is 32.7 Å². The van der Waals surface area contributed by atoms with Gasteiger partial charge in [-0.3, -0.25) is 0 Å². The lowest BCUT2D eigenvalue weighted by atomic mass is 10.2. The molecule has 0 heterocycles. The van der Waals surface area contributed by atoms with Crippen LogP contribution in [0.4, 0.5) is 0 Å². The van der Waals surface area contributed by atoms with E-state index in [1.807, 2.05) is 0 Å². The molecule has 12 heavy (non-hydrogen) atoms. The van der Waals surface area contributed by atoms with Gasteiger partial charge in [0.25, 0.3) is 0 Å². The monoisotopic (exact) mass is 170 g/mol. The van der Waals surface area contributed by atoms with Crippen LogP contribution in [0.5, 0.6) is 0 Å². The van der Waals surface area contributed by atoms with Crippen LogP contribution in [-0.4, -0.2) is 24.3 Å². The molecule has 0 spiro atoms. The van der Waals surface area contributed by atoms with Gasteiger partial charge in [-0.2, -0.15) is 5.26 Å². The Kier molecular flexibility index (Phi) is 8.09. The molecule has 0 aliphatic rings. The van der Waals surface area contributed by atoms with Gasteiger partial charge < -0.3 is 10.4 Å². The van der Waals surface area contributed by atoms with Gasteiger partial charge in [-0.1, -0.05) is 0 Å². The fourth-order valence-electron chi connectivity index (χ4n) is 0.973. The average Bonchev–Trinajstić information content (AvgIpc) is 2.05. The predicted octanol–water partition coefficient (Wildman–Crippen LogP) is 1.04. The van der Waals surface area contributed by atoms with Gasteiger partial charge in [0.15, 0.2) is 0 Å². The smallest absolute Gasteiger partial charge is 0.0621 e. The lowest BCUT2D eigenvalue weighted by Crippen LogP contribution is -2.27. The van der Waals surface area contributed by atoms with Crippen molar-refractivity contribution in [2.45, 2.75) is 38.6 Å². The second kappa shape index (κ2) is 8.51. The maximum atomic E-state index is 8.59. The van der Waals surface area contributed by atoms with Crippen molar-refractivity contribution in [3.8, 4) is 6.07 Å². The highest BCUT2D eigenvalue weighted by atomic mass is 16.3. The number of nitrogens with zero attached hydrogens (tertiary/aromatic N) is 1. The molecule has 3 nitrogen and oxygen atoms in total. The molecule has 0 rings (SSSR count). The molecular weight excluding hydrogens is 152 g/mol. The highest BCUT2D eigenvalue weighted by Gasteiger charge is 1.97. The van der Waals surface area contributed by atoms with Crippen LogP contribution < -0.4 is 5.32 Å². The molecule has 0 aromatic rings. The van der Waals surface area contributed by atoms with Crippen molar-refractivity contribution in [1.29, 1.82) is 5.26 Å². The molecule has 0 amide bonds. The largest absolute Gasteiger partial charge is 0.396 e. The zero-order chi connectivity index (χ0) is 9.23. The van der Waals surface area contributed by atoms with E-state index in [2.05, 4.69) is 18.3 Å². The van der Waals surface area contributed by atoms with Gasteiger partial charge in [0.2, 0.25) is 0 Å². The van der Waals surface area contributed by atoms with Gasteiger partial charge in [0, 0.05) is 19.1 Å². The summed E-state index contributed by atoms with van der Waals surface area (Å²) in [5.74, 6) is 0. The molecule has 0 radical (unpaired) electrons. The second-order valence-electron chi connectivity index (χ2n) is 2.98. The number of aliphatic hydroxyl groups is 1. The predicted molar refractivity (Wildman–Crippen MR) is 48.6 cm³/mol. The first-order valence-electron chi connectivity index (χ1n) is 4.52. The number of hydrogen-bond donors (Lipinski definition) is 2.